The van der Waals surface area contributed by atoms with Crippen molar-refractivity contribution in [3.63, 3.8) is 0 Å². The smallest absolute Gasteiger partial charge is 0.233 e. The van der Waals surface area contributed by atoms with E-state index in [1.54, 1.807) is 12.1 Å². The number of nitrogens with one attached hydrogen (secondary N) is 1. The van der Waals surface area contributed by atoms with Crippen molar-refractivity contribution in [3.05, 3.63) is 35.4 Å². The zero-order chi connectivity index (χ0) is 13.9. The van der Waals surface area contributed by atoms with Crippen LogP contribution in [0.1, 0.15) is 12.8 Å². The van der Waals surface area contributed by atoms with Crippen LogP contribution in [0.5, 0.6) is 0 Å². The molecule has 1 saturated heterocycles. The van der Waals surface area contributed by atoms with Gasteiger partial charge < -0.3 is 10.2 Å². The van der Waals surface area contributed by atoms with Crippen LogP contribution in [0.4, 0.5) is 22.0 Å². The highest BCUT2D eigenvalue weighted by atomic mass is 35.5. The Kier molecular flexibility index (Phi) is 3.64. The Morgan fingerprint density at radius 2 is 1.75 bits per heavy atom. The van der Waals surface area contributed by atoms with Crippen molar-refractivity contribution in [3.8, 4) is 0 Å². The van der Waals surface area contributed by atoms with Crippen LogP contribution in [0.25, 0.3) is 0 Å². The minimum absolute atomic E-state index is 0.145. The molecule has 1 N–H and O–H groups in total. The number of halogens is 2. The van der Waals surface area contributed by atoms with Gasteiger partial charge in [0.25, 0.3) is 0 Å². The number of benzene rings is 1. The molecular weight excluding hydrogens is 281 g/mol. The van der Waals surface area contributed by atoms with Crippen LogP contribution in [0, 0.1) is 5.82 Å². The Labute approximate surface area is 120 Å². The molecule has 0 spiro atoms. The summed E-state index contributed by atoms with van der Waals surface area (Å²) in [7, 11) is 0. The first kappa shape index (κ1) is 13.1. The van der Waals surface area contributed by atoms with Crippen molar-refractivity contribution in [2.75, 3.05) is 23.3 Å². The van der Waals surface area contributed by atoms with Gasteiger partial charge in [-0.05, 0) is 48.7 Å². The van der Waals surface area contributed by atoms with Crippen LogP contribution in [0.15, 0.2) is 24.3 Å². The molecule has 7 heteroatoms. The van der Waals surface area contributed by atoms with E-state index in [1.165, 1.54) is 12.1 Å². The summed E-state index contributed by atoms with van der Waals surface area (Å²) in [5.74, 6) is 0.646. The summed E-state index contributed by atoms with van der Waals surface area (Å²) in [6, 6.07) is 5.96. The maximum Gasteiger partial charge on any atom is 0.233 e. The van der Waals surface area contributed by atoms with E-state index in [9.17, 15) is 4.39 Å². The molecule has 0 unspecified atom stereocenters. The molecular formula is C13H13ClFN5. The van der Waals surface area contributed by atoms with Gasteiger partial charge in [0.1, 0.15) is 5.82 Å². The average Bonchev–Trinajstić information content (AvgIpc) is 2.95. The number of hydrogen-bond donors (Lipinski definition) is 1. The van der Waals surface area contributed by atoms with Crippen LogP contribution < -0.4 is 10.2 Å². The van der Waals surface area contributed by atoms with Crippen LogP contribution in [-0.2, 0) is 0 Å². The lowest BCUT2D eigenvalue weighted by Crippen LogP contribution is -2.21. The fraction of sp³-hybridized carbons (Fsp3) is 0.308. The lowest BCUT2D eigenvalue weighted by Gasteiger charge is -2.15. The quantitative estimate of drug-likeness (QED) is 0.943. The molecule has 1 aliphatic heterocycles. The van der Waals surface area contributed by atoms with Gasteiger partial charge in [-0.2, -0.15) is 15.0 Å². The lowest BCUT2D eigenvalue weighted by molar-refractivity contribution is 0.628. The molecule has 1 aromatic carbocycles. The van der Waals surface area contributed by atoms with Crippen molar-refractivity contribution in [1.29, 1.82) is 0 Å². The van der Waals surface area contributed by atoms with Gasteiger partial charge in [-0.3, -0.25) is 0 Å². The van der Waals surface area contributed by atoms with E-state index in [0.717, 1.165) is 25.9 Å². The molecule has 1 aliphatic rings. The molecule has 2 aromatic rings. The summed E-state index contributed by atoms with van der Waals surface area (Å²) in [6.45, 7) is 1.85. The summed E-state index contributed by atoms with van der Waals surface area (Å²) < 4.78 is 12.9. The highest BCUT2D eigenvalue weighted by molar-refractivity contribution is 6.28. The summed E-state index contributed by atoms with van der Waals surface area (Å²) in [5.41, 5.74) is 0.695. The molecule has 3 rings (SSSR count). The fourth-order valence-electron chi connectivity index (χ4n) is 2.12. The molecule has 104 valence electrons. The van der Waals surface area contributed by atoms with E-state index in [1.807, 2.05) is 0 Å². The minimum atomic E-state index is -0.290. The molecule has 0 amide bonds. The molecule has 0 atom stereocenters. The largest absolute Gasteiger partial charge is 0.341 e. The van der Waals surface area contributed by atoms with E-state index in [0.29, 0.717) is 17.6 Å². The number of anilines is 3. The summed E-state index contributed by atoms with van der Waals surface area (Å²) in [4.78, 5) is 14.6. The van der Waals surface area contributed by atoms with E-state index in [4.69, 9.17) is 11.6 Å². The molecule has 0 saturated carbocycles. The van der Waals surface area contributed by atoms with Gasteiger partial charge in [-0.25, -0.2) is 4.39 Å². The predicted molar refractivity (Wildman–Crippen MR) is 76.0 cm³/mol. The number of rotatable bonds is 3. The maximum absolute atomic E-state index is 12.9. The van der Waals surface area contributed by atoms with Crippen molar-refractivity contribution in [1.82, 2.24) is 15.0 Å². The normalized spacial score (nSPS) is 14.6. The molecule has 1 aromatic heterocycles. The first-order valence-electron chi connectivity index (χ1n) is 6.40. The topological polar surface area (TPSA) is 53.9 Å². The second-order valence-corrected chi connectivity index (χ2v) is 4.89. The predicted octanol–water partition coefficient (Wildman–Crippen LogP) is 3.01. The van der Waals surface area contributed by atoms with Crippen molar-refractivity contribution >= 4 is 29.2 Å². The summed E-state index contributed by atoms with van der Waals surface area (Å²) in [5, 5.41) is 3.14. The lowest BCUT2D eigenvalue weighted by atomic mass is 10.3. The van der Waals surface area contributed by atoms with Gasteiger partial charge in [0.15, 0.2) is 0 Å². The third kappa shape index (κ3) is 2.96. The van der Waals surface area contributed by atoms with Crippen molar-refractivity contribution in [2.45, 2.75) is 12.8 Å². The highest BCUT2D eigenvalue weighted by Gasteiger charge is 2.17. The van der Waals surface area contributed by atoms with Gasteiger partial charge in [-0.1, -0.05) is 0 Å². The molecule has 1 fully saturated rings. The third-order valence-corrected chi connectivity index (χ3v) is 3.25. The van der Waals surface area contributed by atoms with Gasteiger partial charge >= 0.3 is 0 Å². The maximum atomic E-state index is 12.9. The number of nitrogens with zero attached hydrogens (tertiary/aromatic N) is 4. The monoisotopic (exact) mass is 293 g/mol. The Morgan fingerprint density at radius 3 is 2.45 bits per heavy atom. The first-order valence-corrected chi connectivity index (χ1v) is 6.77. The van der Waals surface area contributed by atoms with Gasteiger partial charge in [0, 0.05) is 18.8 Å². The molecule has 0 radical (unpaired) electrons. The molecule has 0 aliphatic carbocycles. The molecule has 5 nitrogen and oxygen atoms in total. The van der Waals surface area contributed by atoms with E-state index < -0.39 is 0 Å². The van der Waals surface area contributed by atoms with Gasteiger partial charge in [-0.15, -0.1) is 0 Å². The molecule has 20 heavy (non-hydrogen) atoms. The standard InChI is InChI=1S/C13H13ClFN5/c14-11-17-12(16-10-5-3-9(15)4-6-10)19-13(18-11)20-7-1-2-8-20/h3-6H,1-2,7-8H2,(H,16,17,18,19). The zero-order valence-electron chi connectivity index (χ0n) is 10.7. The zero-order valence-corrected chi connectivity index (χ0v) is 11.4. The second kappa shape index (κ2) is 5.58. The first-order chi connectivity index (χ1) is 9.70. The van der Waals surface area contributed by atoms with Crippen LogP contribution >= 0.6 is 11.6 Å². The Balaban J connectivity index is 1.83. The SMILES string of the molecule is Fc1ccc(Nc2nc(Cl)nc(N3CCCC3)n2)cc1. The fourth-order valence-corrected chi connectivity index (χ4v) is 2.27. The van der Waals surface area contributed by atoms with E-state index in [-0.39, 0.29) is 11.1 Å². The minimum Gasteiger partial charge on any atom is -0.341 e. The number of hydrogen-bond acceptors (Lipinski definition) is 5. The van der Waals surface area contributed by atoms with E-state index in [2.05, 4.69) is 25.2 Å². The van der Waals surface area contributed by atoms with Gasteiger partial charge in [0.2, 0.25) is 17.2 Å². The molecule has 0 bridgehead atoms. The van der Waals surface area contributed by atoms with Crippen LogP contribution in [0.3, 0.4) is 0 Å². The van der Waals surface area contributed by atoms with Gasteiger partial charge in [0.05, 0.1) is 0 Å². The average molecular weight is 294 g/mol. The Hall–Kier alpha value is -1.95. The van der Waals surface area contributed by atoms with Crippen LogP contribution in [0.2, 0.25) is 5.28 Å². The van der Waals surface area contributed by atoms with Crippen LogP contribution in [-0.4, -0.2) is 28.0 Å². The Morgan fingerprint density at radius 1 is 1.05 bits per heavy atom. The third-order valence-electron chi connectivity index (χ3n) is 3.09. The molecule has 2 heterocycles. The van der Waals surface area contributed by atoms with Crippen molar-refractivity contribution in [2.24, 2.45) is 0 Å². The number of aromatic nitrogens is 3. The highest BCUT2D eigenvalue weighted by Crippen LogP contribution is 2.20. The second-order valence-electron chi connectivity index (χ2n) is 4.55. The van der Waals surface area contributed by atoms with E-state index >= 15 is 0 Å². The Bertz CT molecular complexity index is 598. The summed E-state index contributed by atoms with van der Waals surface area (Å²) >= 11 is 5.93. The summed E-state index contributed by atoms with van der Waals surface area (Å²) in [6.07, 6.45) is 2.26. The van der Waals surface area contributed by atoms with Crippen molar-refractivity contribution < 1.29 is 4.39 Å².